The van der Waals surface area contributed by atoms with Crippen molar-refractivity contribution in [2.24, 2.45) is 5.18 Å². The van der Waals surface area contributed by atoms with E-state index in [9.17, 15) is 4.91 Å². The van der Waals surface area contributed by atoms with Gasteiger partial charge >= 0.3 is 0 Å². The van der Waals surface area contributed by atoms with Crippen LogP contribution in [0.25, 0.3) is 0 Å². The van der Waals surface area contributed by atoms with Gasteiger partial charge in [0.2, 0.25) is 0 Å². The number of nitroso groups, excluding NO2 is 1. The average Bonchev–Trinajstić information content (AvgIpc) is 2.06. The zero-order chi connectivity index (χ0) is 8.10. The number of benzene rings is 1. The highest BCUT2D eigenvalue weighted by atomic mass is 16.3. The van der Waals surface area contributed by atoms with Crippen molar-refractivity contribution in [1.82, 2.24) is 0 Å². The SMILES string of the molecule is CNc1ccccc1CN=O. The smallest absolute Gasteiger partial charge is 0.108 e. The normalized spacial score (nSPS) is 9.18. The Labute approximate surface area is 65.4 Å². The molecule has 0 heterocycles. The highest BCUT2D eigenvalue weighted by Gasteiger charge is 1.97. The van der Waals surface area contributed by atoms with Crippen molar-refractivity contribution in [1.29, 1.82) is 0 Å². The minimum absolute atomic E-state index is 0.233. The Morgan fingerprint density at radius 1 is 1.45 bits per heavy atom. The van der Waals surface area contributed by atoms with Gasteiger partial charge in [-0.3, -0.25) is 0 Å². The molecule has 1 aromatic carbocycles. The van der Waals surface area contributed by atoms with E-state index in [1.54, 1.807) is 0 Å². The average molecular weight is 150 g/mol. The summed E-state index contributed by atoms with van der Waals surface area (Å²) in [5, 5.41) is 5.81. The van der Waals surface area contributed by atoms with Crippen molar-refractivity contribution in [2.45, 2.75) is 6.54 Å². The fourth-order valence-electron chi connectivity index (χ4n) is 0.972. The Bertz CT molecular complexity index is 248. The summed E-state index contributed by atoms with van der Waals surface area (Å²) in [5.74, 6) is 0. The topological polar surface area (TPSA) is 41.5 Å². The van der Waals surface area contributed by atoms with E-state index < -0.39 is 0 Å². The summed E-state index contributed by atoms with van der Waals surface area (Å²) in [6.07, 6.45) is 0. The fourth-order valence-corrected chi connectivity index (χ4v) is 0.972. The maximum Gasteiger partial charge on any atom is 0.108 e. The minimum Gasteiger partial charge on any atom is -0.388 e. The zero-order valence-electron chi connectivity index (χ0n) is 6.37. The molecule has 11 heavy (non-hydrogen) atoms. The van der Waals surface area contributed by atoms with Crippen LogP contribution in [0.2, 0.25) is 0 Å². The number of rotatable bonds is 3. The monoisotopic (exact) mass is 150 g/mol. The van der Waals surface area contributed by atoms with Crippen molar-refractivity contribution in [2.75, 3.05) is 12.4 Å². The van der Waals surface area contributed by atoms with E-state index in [1.807, 2.05) is 31.3 Å². The van der Waals surface area contributed by atoms with Gasteiger partial charge in [0, 0.05) is 18.3 Å². The summed E-state index contributed by atoms with van der Waals surface area (Å²) in [7, 11) is 1.82. The lowest BCUT2D eigenvalue weighted by molar-refractivity contribution is 1.05. The molecule has 0 aliphatic carbocycles. The first-order valence-electron chi connectivity index (χ1n) is 3.43. The van der Waals surface area contributed by atoms with Gasteiger partial charge in [-0.15, -0.1) is 0 Å². The van der Waals surface area contributed by atoms with E-state index in [0.29, 0.717) is 0 Å². The van der Waals surface area contributed by atoms with Crippen LogP contribution in [0.15, 0.2) is 29.4 Å². The molecule has 0 atom stereocenters. The summed E-state index contributed by atoms with van der Waals surface area (Å²) < 4.78 is 0. The number of hydrogen-bond acceptors (Lipinski definition) is 3. The Morgan fingerprint density at radius 2 is 2.18 bits per heavy atom. The Kier molecular flexibility index (Phi) is 2.60. The Morgan fingerprint density at radius 3 is 2.82 bits per heavy atom. The lowest BCUT2D eigenvalue weighted by atomic mass is 10.2. The summed E-state index contributed by atoms with van der Waals surface area (Å²) in [5.41, 5.74) is 1.90. The van der Waals surface area contributed by atoms with Crippen LogP contribution in [0, 0.1) is 4.91 Å². The van der Waals surface area contributed by atoms with Crippen LogP contribution >= 0.6 is 0 Å². The minimum atomic E-state index is 0.233. The van der Waals surface area contributed by atoms with Crippen LogP contribution in [-0.4, -0.2) is 7.05 Å². The number of hydrogen-bond donors (Lipinski definition) is 1. The summed E-state index contributed by atoms with van der Waals surface area (Å²) in [4.78, 5) is 9.96. The van der Waals surface area contributed by atoms with Crippen LogP contribution in [0.4, 0.5) is 5.69 Å². The Hall–Kier alpha value is -1.38. The number of para-hydroxylation sites is 1. The molecule has 0 spiro atoms. The standard InChI is InChI=1S/C8H10N2O/c1-9-8-5-3-2-4-7(8)6-10-11/h2-5,9H,6H2,1H3. The molecular formula is C8H10N2O. The van der Waals surface area contributed by atoms with Crippen molar-refractivity contribution in [3.63, 3.8) is 0 Å². The van der Waals surface area contributed by atoms with E-state index in [-0.39, 0.29) is 6.54 Å². The first-order chi connectivity index (χ1) is 5.38. The van der Waals surface area contributed by atoms with Gasteiger partial charge in [0.25, 0.3) is 0 Å². The second-order valence-electron chi connectivity index (χ2n) is 2.19. The van der Waals surface area contributed by atoms with Crippen molar-refractivity contribution >= 4 is 5.69 Å². The lowest BCUT2D eigenvalue weighted by Gasteiger charge is -2.03. The molecule has 3 nitrogen and oxygen atoms in total. The van der Waals surface area contributed by atoms with Crippen LogP contribution < -0.4 is 5.32 Å². The van der Waals surface area contributed by atoms with Gasteiger partial charge in [0.15, 0.2) is 0 Å². The molecule has 0 unspecified atom stereocenters. The van der Waals surface area contributed by atoms with E-state index in [0.717, 1.165) is 11.3 Å². The molecule has 58 valence electrons. The van der Waals surface area contributed by atoms with Crippen molar-refractivity contribution < 1.29 is 0 Å². The quantitative estimate of drug-likeness (QED) is 0.669. The maximum absolute atomic E-state index is 9.96. The van der Waals surface area contributed by atoms with Gasteiger partial charge in [-0.05, 0) is 6.07 Å². The van der Waals surface area contributed by atoms with Crippen LogP contribution in [0.5, 0.6) is 0 Å². The Balaban J connectivity index is 2.92. The van der Waals surface area contributed by atoms with E-state index in [4.69, 9.17) is 0 Å². The summed E-state index contributed by atoms with van der Waals surface area (Å²) in [6, 6.07) is 7.61. The van der Waals surface area contributed by atoms with Crippen molar-refractivity contribution in [3.05, 3.63) is 34.7 Å². The predicted molar refractivity (Wildman–Crippen MR) is 45.5 cm³/mol. The maximum atomic E-state index is 9.96. The second kappa shape index (κ2) is 3.71. The third kappa shape index (κ3) is 1.77. The van der Waals surface area contributed by atoms with E-state index in [2.05, 4.69) is 10.5 Å². The highest BCUT2D eigenvalue weighted by molar-refractivity contribution is 5.50. The lowest BCUT2D eigenvalue weighted by Crippen LogP contribution is -1.93. The van der Waals surface area contributed by atoms with E-state index >= 15 is 0 Å². The number of nitrogens with zero attached hydrogens (tertiary/aromatic N) is 1. The number of anilines is 1. The largest absolute Gasteiger partial charge is 0.388 e. The van der Waals surface area contributed by atoms with E-state index in [1.165, 1.54) is 0 Å². The highest BCUT2D eigenvalue weighted by Crippen LogP contribution is 2.14. The van der Waals surface area contributed by atoms with Gasteiger partial charge in [-0.2, -0.15) is 4.91 Å². The third-order valence-corrected chi connectivity index (χ3v) is 1.52. The fraction of sp³-hybridized carbons (Fsp3) is 0.250. The molecule has 1 N–H and O–H groups in total. The molecule has 0 saturated heterocycles. The van der Waals surface area contributed by atoms with Gasteiger partial charge < -0.3 is 5.32 Å². The molecule has 1 aromatic rings. The van der Waals surface area contributed by atoms with Gasteiger partial charge in [0.1, 0.15) is 6.54 Å². The molecule has 0 aromatic heterocycles. The third-order valence-electron chi connectivity index (χ3n) is 1.52. The molecule has 0 saturated carbocycles. The molecule has 0 radical (unpaired) electrons. The van der Waals surface area contributed by atoms with Gasteiger partial charge in [-0.1, -0.05) is 23.4 Å². The zero-order valence-corrected chi connectivity index (χ0v) is 6.37. The molecule has 0 bridgehead atoms. The summed E-state index contributed by atoms with van der Waals surface area (Å²) >= 11 is 0. The molecule has 0 aliphatic rings. The summed E-state index contributed by atoms with van der Waals surface area (Å²) in [6.45, 7) is 0.233. The molecular weight excluding hydrogens is 140 g/mol. The first-order valence-corrected chi connectivity index (χ1v) is 3.43. The van der Waals surface area contributed by atoms with Gasteiger partial charge in [-0.25, -0.2) is 0 Å². The molecule has 0 fully saturated rings. The molecule has 0 amide bonds. The second-order valence-corrected chi connectivity index (χ2v) is 2.19. The molecule has 1 rings (SSSR count). The van der Waals surface area contributed by atoms with Crippen LogP contribution in [0.3, 0.4) is 0 Å². The van der Waals surface area contributed by atoms with Crippen molar-refractivity contribution in [3.8, 4) is 0 Å². The predicted octanol–water partition coefficient (Wildman–Crippen LogP) is 1.99. The first kappa shape index (κ1) is 7.72. The molecule has 3 heteroatoms. The van der Waals surface area contributed by atoms with Crippen LogP contribution in [0.1, 0.15) is 5.56 Å². The number of nitrogens with one attached hydrogen (secondary N) is 1. The van der Waals surface area contributed by atoms with Crippen LogP contribution in [-0.2, 0) is 6.54 Å². The molecule has 0 aliphatic heterocycles. The van der Waals surface area contributed by atoms with Gasteiger partial charge in [0.05, 0.1) is 0 Å².